The maximum Gasteiger partial charge on any atom is 0.253 e. The minimum absolute atomic E-state index is 0.139. The number of methoxy groups -OCH3 is 1. The number of hydrogen-bond donors (Lipinski definition) is 1. The number of nitrogens with one attached hydrogen (secondary N) is 1. The predicted octanol–water partition coefficient (Wildman–Crippen LogP) is 3.73. The van der Waals surface area contributed by atoms with E-state index in [1.165, 1.54) is 19.2 Å². The van der Waals surface area contributed by atoms with Gasteiger partial charge in [0.25, 0.3) is 5.91 Å². The first-order chi connectivity index (χ1) is 12.7. The Hall–Kier alpha value is -2.89. The molecule has 1 amide bonds. The van der Waals surface area contributed by atoms with Crippen LogP contribution < -0.4 is 4.74 Å². The number of halogens is 1. The van der Waals surface area contributed by atoms with Crippen LogP contribution in [0.2, 0.25) is 0 Å². The molecule has 1 aliphatic rings. The second-order valence-electron chi connectivity index (χ2n) is 6.58. The summed E-state index contributed by atoms with van der Waals surface area (Å²) in [7, 11) is 1.41. The van der Waals surface area contributed by atoms with Crippen molar-refractivity contribution in [2.45, 2.75) is 18.8 Å². The summed E-state index contributed by atoms with van der Waals surface area (Å²) >= 11 is 0. The number of benzene rings is 2. The number of imidazole rings is 1. The van der Waals surface area contributed by atoms with E-state index in [0.717, 1.165) is 29.7 Å². The summed E-state index contributed by atoms with van der Waals surface area (Å²) in [5.41, 5.74) is 2.28. The van der Waals surface area contributed by atoms with Crippen molar-refractivity contribution in [3.8, 4) is 5.75 Å². The SMILES string of the molecule is COc1ccc(C(=O)N2CCC[C@H](c3nc4ccccc4[nH]3)C2)cc1F. The molecule has 5 nitrogen and oxygen atoms in total. The van der Waals surface area contributed by atoms with E-state index in [4.69, 9.17) is 4.74 Å². The zero-order valence-electron chi connectivity index (χ0n) is 14.5. The Balaban J connectivity index is 1.54. The fourth-order valence-electron chi connectivity index (χ4n) is 3.53. The highest BCUT2D eigenvalue weighted by Crippen LogP contribution is 2.28. The monoisotopic (exact) mass is 353 g/mol. The number of fused-ring (bicyclic) bond motifs is 1. The van der Waals surface area contributed by atoms with Crippen molar-refractivity contribution in [3.05, 3.63) is 59.7 Å². The summed E-state index contributed by atoms with van der Waals surface area (Å²) in [5.74, 6) is 0.518. The van der Waals surface area contributed by atoms with Gasteiger partial charge in [-0.3, -0.25) is 4.79 Å². The third kappa shape index (κ3) is 3.03. The van der Waals surface area contributed by atoms with Gasteiger partial charge in [-0.25, -0.2) is 9.37 Å². The number of piperidine rings is 1. The van der Waals surface area contributed by atoms with Crippen LogP contribution in [0.4, 0.5) is 4.39 Å². The maximum absolute atomic E-state index is 13.9. The Labute approximate surface area is 150 Å². The van der Waals surface area contributed by atoms with Gasteiger partial charge < -0.3 is 14.6 Å². The Morgan fingerprint density at radius 1 is 1.31 bits per heavy atom. The fraction of sp³-hybridized carbons (Fsp3) is 0.300. The summed E-state index contributed by atoms with van der Waals surface area (Å²) in [6.45, 7) is 1.25. The van der Waals surface area contributed by atoms with Crippen molar-refractivity contribution < 1.29 is 13.9 Å². The number of ether oxygens (including phenoxy) is 1. The molecule has 0 spiro atoms. The van der Waals surface area contributed by atoms with Gasteiger partial charge >= 0.3 is 0 Å². The van der Waals surface area contributed by atoms with Gasteiger partial charge in [-0.1, -0.05) is 12.1 Å². The normalized spacial score (nSPS) is 17.5. The van der Waals surface area contributed by atoms with Crippen LogP contribution in [0.5, 0.6) is 5.75 Å². The Bertz CT molecular complexity index is 920. The third-order valence-corrected chi connectivity index (χ3v) is 4.90. The minimum Gasteiger partial charge on any atom is -0.494 e. The number of aromatic amines is 1. The van der Waals surface area contributed by atoms with Crippen LogP contribution in [0.15, 0.2) is 42.5 Å². The highest BCUT2D eigenvalue weighted by Gasteiger charge is 2.27. The van der Waals surface area contributed by atoms with Gasteiger partial charge in [0.05, 0.1) is 18.1 Å². The molecule has 4 rings (SSSR count). The number of likely N-dealkylation sites (tertiary alicyclic amines) is 1. The van der Waals surface area contributed by atoms with Crippen LogP contribution in [0, 0.1) is 5.82 Å². The fourth-order valence-corrected chi connectivity index (χ4v) is 3.53. The summed E-state index contributed by atoms with van der Waals surface area (Å²) in [5, 5.41) is 0. The van der Waals surface area contributed by atoms with E-state index in [1.807, 2.05) is 24.3 Å². The van der Waals surface area contributed by atoms with Gasteiger partial charge in [0.1, 0.15) is 5.82 Å². The van der Waals surface area contributed by atoms with Crippen molar-refractivity contribution >= 4 is 16.9 Å². The van der Waals surface area contributed by atoms with E-state index in [1.54, 1.807) is 11.0 Å². The topological polar surface area (TPSA) is 58.2 Å². The third-order valence-electron chi connectivity index (χ3n) is 4.90. The smallest absolute Gasteiger partial charge is 0.253 e. The standard InChI is InChI=1S/C20H20FN3O2/c1-26-18-9-8-13(11-15(18)21)20(25)24-10-4-5-14(12-24)19-22-16-6-2-3-7-17(16)23-19/h2-3,6-9,11,14H,4-5,10,12H2,1H3,(H,22,23)/t14-/m0/s1. The number of rotatable bonds is 3. The summed E-state index contributed by atoms with van der Waals surface area (Å²) in [6, 6.07) is 12.2. The summed E-state index contributed by atoms with van der Waals surface area (Å²) in [6.07, 6.45) is 1.87. The Morgan fingerprint density at radius 3 is 2.92 bits per heavy atom. The molecule has 0 bridgehead atoms. The van der Waals surface area contributed by atoms with Gasteiger partial charge in [-0.05, 0) is 43.2 Å². The first-order valence-electron chi connectivity index (χ1n) is 8.73. The number of carbonyl (C=O) groups excluding carboxylic acids is 1. The number of para-hydroxylation sites is 2. The van der Waals surface area contributed by atoms with Crippen LogP contribution in [0.25, 0.3) is 11.0 Å². The lowest BCUT2D eigenvalue weighted by Gasteiger charge is -2.32. The molecule has 0 radical (unpaired) electrons. The second kappa shape index (κ2) is 6.78. The first kappa shape index (κ1) is 16.6. The van der Waals surface area contributed by atoms with Crippen LogP contribution in [-0.4, -0.2) is 41.0 Å². The lowest BCUT2D eigenvalue weighted by atomic mass is 9.96. The molecule has 1 fully saturated rings. The van der Waals surface area contributed by atoms with E-state index in [2.05, 4.69) is 9.97 Å². The van der Waals surface area contributed by atoms with Gasteiger partial charge in [0.2, 0.25) is 0 Å². The molecular formula is C20H20FN3O2. The molecule has 134 valence electrons. The van der Waals surface area contributed by atoms with Crippen molar-refractivity contribution in [2.24, 2.45) is 0 Å². The average Bonchev–Trinajstić information content (AvgIpc) is 3.12. The number of nitrogens with zero attached hydrogens (tertiary/aromatic N) is 2. The minimum atomic E-state index is -0.524. The predicted molar refractivity (Wildman–Crippen MR) is 96.9 cm³/mol. The van der Waals surface area contributed by atoms with Crippen LogP contribution in [0.1, 0.15) is 34.9 Å². The quantitative estimate of drug-likeness (QED) is 0.780. The van der Waals surface area contributed by atoms with Gasteiger partial charge in [0.15, 0.2) is 11.6 Å². The number of carbonyl (C=O) groups is 1. The van der Waals surface area contributed by atoms with Gasteiger partial charge in [0, 0.05) is 24.6 Å². The molecule has 2 heterocycles. The molecule has 2 aromatic carbocycles. The molecule has 0 aliphatic carbocycles. The van der Waals surface area contributed by atoms with Gasteiger partial charge in [-0.15, -0.1) is 0 Å². The lowest BCUT2D eigenvalue weighted by Crippen LogP contribution is -2.39. The molecule has 26 heavy (non-hydrogen) atoms. The van der Waals surface area contributed by atoms with Crippen LogP contribution in [-0.2, 0) is 0 Å². The van der Waals surface area contributed by atoms with E-state index in [9.17, 15) is 9.18 Å². The van der Waals surface area contributed by atoms with E-state index >= 15 is 0 Å². The molecule has 0 saturated carbocycles. The number of aromatic nitrogens is 2. The van der Waals surface area contributed by atoms with E-state index in [-0.39, 0.29) is 17.6 Å². The molecule has 1 aromatic heterocycles. The molecule has 1 N–H and O–H groups in total. The number of H-pyrrole nitrogens is 1. The lowest BCUT2D eigenvalue weighted by molar-refractivity contribution is 0.0704. The second-order valence-corrected chi connectivity index (χ2v) is 6.58. The molecule has 1 atom stereocenters. The van der Waals surface area contributed by atoms with Crippen LogP contribution in [0.3, 0.4) is 0 Å². The largest absolute Gasteiger partial charge is 0.494 e. The molecule has 1 aliphatic heterocycles. The maximum atomic E-state index is 13.9. The van der Waals surface area contributed by atoms with Crippen molar-refractivity contribution in [3.63, 3.8) is 0 Å². The van der Waals surface area contributed by atoms with Crippen molar-refractivity contribution in [1.29, 1.82) is 0 Å². The van der Waals surface area contributed by atoms with Crippen LogP contribution >= 0.6 is 0 Å². The van der Waals surface area contributed by atoms with E-state index in [0.29, 0.717) is 18.7 Å². The highest BCUT2D eigenvalue weighted by atomic mass is 19.1. The summed E-state index contributed by atoms with van der Waals surface area (Å²) in [4.78, 5) is 22.6. The van der Waals surface area contributed by atoms with Crippen molar-refractivity contribution in [2.75, 3.05) is 20.2 Å². The zero-order valence-corrected chi connectivity index (χ0v) is 14.5. The average molecular weight is 353 g/mol. The van der Waals surface area contributed by atoms with Crippen molar-refractivity contribution in [1.82, 2.24) is 14.9 Å². The Morgan fingerprint density at radius 2 is 2.15 bits per heavy atom. The highest BCUT2D eigenvalue weighted by molar-refractivity contribution is 5.94. The number of amides is 1. The zero-order chi connectivity index (χ0) is 18.1. The molecular weight excluding hydrogens is 333 g/mol. The molecule has 1 saturated heterocycles. The number of hydrogen-bond acceptors (Lipinski definition) is 3. The van der Waals surface area contributed by atoms with E-state index < -0.39 is 5.82 Å². The summed E-state index contributed by atoms with van der Waals surface area (Å²) < 4.78 is 18.8. The molecule has 3 aromatic rings. The van der Waals surface area contributed by atoms with Gasteiger partial charge in [-0.2, -0.15) is 0 Å². The molecule has 0 unspecified atom stereocenters. The molecule has 6 heteroatoms. The first-order valence-corrected chi connectivity index (χ1v) is 8.73. The Kier molecular flexibility index (Phi) is 4.32.